The molecule has 0 radical (unpaired) electrons. The molecule has 1 aromatic carbocycles. The molecule has 2 aliphatic heterocycles. The summed E-state index contributed by atoms with van der Waals surface area (Å²) in [5, 5.41) is 0. The predicted molar refractivity (Wildman–Crippen MR) is 101 cm³/mol. The molecule has 2 unspecified atom stereocenters. The summed E-state index contributed by atoms with van der Waals surface area (Å²) < 4.78 is 13.4. The molecular weight excluding hydrogens is 361 g/mol. The van der Waals surface area contributed by atoms with E-state index in [1.165, 1.54) is 12.3 Å². The van der Waals surface area contributed by atoms with Crippen LogP contribution in [0.4, 0.5) is 4.39 Å². The lowest BCUT2D eigenvalue weighted by Crippen LogP contribution is -2.60. The molecule has 2 aromatic rings. The number of carbonyl (C=O) groups is 2. The van der Waals surface area contributed by atoms with E-state index < -0.39 is 5.82 Å². The Morgan fingerprint density at radius 1 is 1.11 bits per heavy atom. The first-order valence-electron chi connectivity index (χ1n) is 9.35. The maximum Gasteiger partial charge on any atom is 0.255 e. The molecule has 7 nitrogen and oxygen atoms in total. The number of amides is 2. The fraction of sp³-hybridized carbons (Fsp3) is 0.350. The third-order valence-corrected chi connectivity index (χ3v) is 5.33. The van der Waals surface area contributed by atoms with E-state index in [0.29, 0.717) is 32.6 Å². The number of rotatable bonds is 3. The van der Waals surface area contributed by atoms with E-state index in [-0.39, 0.29) is 29.5 Å². The number of nitrogens with one attached hydrogen (secondary N) is 2. The van der Waals surface area contributed by atoms with Gasteiger partial charge in [0.1, 0.15) is 5.82 Å². The van der Waals surface area contributed by atoms with Crippen molar-refractivity contribution in [3.8, 4) is 0 Å². The van der Waals surface area contributed by atoms with E-state index in [1.54, 1.807) is 4.90 Å². The molecule has 2 amide bonds. The Kier molecular flexibility index (Phi) is 5.31. The average molecular weight is 383 g/mol. The van der Waals surface area contributed by atoms with Crippen LogP contribution in [-0.2, 0) is 4.79 Å². The maximum absolute atomic E-state index is 13.4. The molecule has 2 saturated heterocycles. The first-order valence-corrected chi connectivity index (χ1v) is 9.35. The number of piperazine rings is 1. The van der Waals surface area contributed by atoms with Gasteiger partial charge in [-0.15, -0.1) is 0 Å². The van der Waals surface area contributed by atoms with Crippen LogP contribution < -0.4 is 10.9 Å². The highest BCUT2D eigenvalue weighted by Gasteiger charge is 2.36. The normalized spacial score (nSPS) is 23.3. The second-order valence-corrected chi connectivity index (χ2v) is 7.07. The Balaban J connectivity index is 1.44. The van der Waals surface area contributed by atoms with E-state index in [4.69, 9.17) is 0 Å². The molecule has 0 aliphatic carbocycles. The molecule has 0 bridgehead atoms. The monoisotopic (exact) mass is 383 g/mol. The Morgan fingerprint density at radius 3 is 2.57 bits per heavy atom. The number of aromatic nitrogens is 1. The van der Waals surface area contributed by atoms with Crippen molar-refractivity contribution in [1.29, 1.82) is 0 Å². The molecule has 4 rings (SSSR count). The lowest BCUT2D eigenvalue weighted by molar-refractivity contribution is -0.127. The van der Waals surface area contributed by atoms with Gasteiger partial charge in [0, 0.05) is 44.8 Å². The van der Waals surface area contributed by atoms with Gasteiger partial charge in [0.05, 0.1) is 17.8 Å². The number of pyridine rings is 1. The lowest BCUT2D eigenvalue weighted by Gasteiger charge is -2.44. The molecule has 2 aliphatic rings. The number of carbonyl (C=O) groups excluding carboxylic acids is 2. The summed E-state index contributed by atoms with van der Waals surface area (Å²) in [5.41, 5.74) is 7.22. The van der Waals surface area contributed by atoms with Crippen molar-refractivity contribution in [3.63, 3.8) is 0 Å². The van der Waals surface area contributed by atoms with Crippen molar-refractivity contribution in [1.82, 2.24) is 25.6 Å². The Bertz CT molecular complexity index is 855. The maximum atomic E-state index is 13.4. The van der Waals surface area contributed by atoms with Crippen LogP contribution >= 0.6 is 0 Å². The topological polar surface area (TPSA) is 77.6 Å². The summed E-state index contributed by atoms with van der Waals surface area (Å²) in [6, 6.07) is 11.2. The SMILES string of the molecule is O=C1CC(N2CCN(C(=O)c3cncc(F)c3)CC2)C(c2ccccc2)NN1. The van der Waals surface area contributed by atoms with Gasteiger partial charge in [0.15, 0.2) is 0 Å². The summed E-state index contributed by atoms with van der Waals surface area (Å²) in [6.07, 6.45) is 2.87. The minimum atomic E-state index is -0.519. The molecule has 2 N–H and O–H groups in total. The highest BCUT2D eigenvalue weighted by molar-refractivity contribution is 5.94. The van der Waals surface area contributed by atoms with Gasteiger partial charge in [0.2, 0.25) is 5.91 Å². The second kappa shape index (κ2) is 8.04. The quantitative estimate of drug-likeness (QED) is 0.831. The highest BCUT2D eigenvalue weighted by Crippen LogP contribution is 2.26. The van der Waals surface area contributed by atoms with Crippen LogP contribution in [0.5, 0.6) is 0 Å². The summed E-state index contributed by atoms with van der Waals surface area (Å²) >= 11 is 0. The van der Waals surface area contributed by atoms with Crippen molar-refractivity contribution >= 4 is 11.8 Å². The lowest BCUT2D eigenvalue weighted by atomic mass is 9.93. The van der Waals surface area contributed by atoms with Gasteiger partial charge in [-0.05, 0) is 11.6 Å². The standard InChI is InChI=1S/C20H22FN5O2/c21-16-10-15(12-22-13-16)20(28)26-8-6-25(7-9-26)17-11-18(27)23-24-19(17)14-4-2-1-3-5-14/h1-5,10,12-13,17,19,24H,6-9,11H2,(H,23,27). The van der Waals surface area contributed by atoms with Crippen LogP contribution in [0.25, 0.3) is 0 Å². The van der Waals surface area contributed by atoms with Crippen LogP contribution in [0.1, 0.15) is 28.4 Å². The molecule has 146 valence electrons. The van der Waals surface area contributed by atoms with Crippen molar-refractivity contribution in [2.24, 2.45) is 0 Å². The average Bonchev–Trinajstić information content (AvgIpc) is 2.74. The van der Waals surface area contributed by atoms with Crippen molar-refractivity contribution in [2.75, 3.05) is 26.2 Å². The number of benzene rings is 1. The van der Waals surface area contributed by atoms with E-state index >= 15 is 0 Å². The third-order valence-electron chi connectivity index (χ3n) is 5.33. The zero-order valence-corrected chi connectivity index (χ0v) is 15.3. The van der Waals surface area contributed by atoms with Crippen molar-refractivity contribution < 1.29 is 14.0 Å². The van der Waals surface area contributed by atoms with E-state index in [9.17, 15) is 14.0 Å². The van der Waals surface area contributed by atoms with Crippen molar-refractivity contribution in [3.05, 3.63) is 65.7 Å². The number of hydrogen-bond acceptors (Lipinski definition) is 5. The first-order chi connectivity index (χ1) is 13.6. The van der Waals surface area contributed by atoms with Gasteiger partial charge >= 0.3 is 0 Å². The summed E-state index contributed by atoms with van der Waals surface area (Å²) in [4.78, 5) is 32.3. The highest BCUT2D eigenvalue weighted by atomic mass is 19.1. The van der Waals surface area contributed by atoms with E-state index in [0.717, 1.165) is 11.8 Å². The summed E-state index contributed by atoms with van der Waals surface area (Å²) in [5.74, 6) is -0.776. The molecule has 0 saturated carbocycles. The predicted octanol–water partition coefficient (Wildman–Crippen LogP) is 1.11. The zero-order chi connectivity index (χ0) is 19.5. The van der Waals surface area contributed by atoms with Crippen LogP contribution in [0.3, 0.4) is 0 Å². The summed E-state index contributed by atoms with van der Waals surface area (Å²) in [7, 11) is 0. The van der Waals surface area contributed by atoms with Crippen LogP contribution in [-0.4, -0.2) is 58.8 Å². The number of hydrazine groups is 1. The molecule has 3 heterocycles. The molecular formula is C20H22FN5O2. The van der Waals surface area contributed by atoms with Crippen LogP contribution in [0.2, 0.25) is 0 Å². The smallest absolute Gasteiger partial charge is 0.255 e. The van der Waals surface area contributed by atoms with Gasteiger partial charge in [0.25, 0.3) is 5.91 Å². The van der Waals surface area contributed by atoms with E-state index in [1.807, 2.05) is 30.3 Å². The zero-order valence-electron chi connectivity index (χ0n) is 15.3. The Labute approximate surface area is 162 Å². The Hall–Kier alpha value is -2.84. The molecule has 0 spiro atoms. The van der Waals surface area contributed by atoms with Gasteiger partial charge in [-0.3, -0.25) is 24.9 Å². The fourth-order valence-electron chi connectivity index (χ4n) is 3.89. The minimum Gasteiger partial charge on any atom is -0.336 e. The molecule has 2 atom stereocenters. The molecule has 8 heteroatoms. The largest absolute Gasteiger partial charge is 0.336 e. The molecule has 2 fully saturated rings. The van der Waals surface area contributed by atoms with Crippen LogP contribution in [0.15, 0.2) is 48.8 Å². The van der Waals surface area contributed by atoms with E-state index in [2.05, 4.69) is 20.7 Å². The summed E-state index contributed by atoms with van der Waals surface area (Å²) in [6.45, 7) is 2.35. The number of nitrogens with zero attached hydrogens (tertiary/aromatic N) is 3. The molecule has 28 heavy (non-hydrogen) atoms. The number of halogens is 1. The molecule has 1 aromatic heterocycles. The van der Waals surface area contributed by atoms with Crippen LogP contribution in [0, 0.1) is 5.82 Å². The second-order valence-electron chi connectivity index (χ2n) is 7.07. The fourth-order valence-corrected chi connectivity index (χ4v) is 3.89. The first kappa shape index (κ1) is 18.5. The number of hydrogen-bond donors (Lipinski definition) is 2. The minimum absolute atomic E-state index is 0.00392. The van der Waals surface area contributed by atoms with Gasteiger partial charge in [-0.2, -0.15) is 0 Å². The van der Waals surface area contributed by atoms with Gasteiger partial charge < -0.3 is 4.90 Å². The van der Waals surface area contributed by atoms with Gasteiger partial charge in [-0.1, -0.05) is 30.3 Å². The third kappa shape index (κ3) is 3.88. The Morgan fingerprint density at radius 2 is 1.86 bits per heavy atom. The van der Waals surface area contributed by atoms with Gasteiger partial charge in [-0.25, -0.2) is 9.82 Å². The van der Waals surface area contributed by atoms with Crippen molar-refractivity contribution in [2.45, 2.75) is 18.5 Å².